The summed E-state index contributed by atoms with van der Waals surface area (Å²) < 4.78 is 25.5. The lowest BCUT2D eigenvalue weighted by Gasteiger charge is -2.14. The molecule has 0 saturated carbocycles. The average Bonchev–Trinajstić information content (AvgIpc) is 2.27. The molecule has 16 heavy (non-hydrogen) atoms. The molecule has 0 unspecified atom stereocenters. The Balaban J connectivity index is 2.56. The first-order chi connectivity index (χ1) is 7.44. The molecule has 3 nitrogen and oxygen atoms in total. The molecule has 1 amide bonds. The molecule has 88 valence electrons. The highest BCUT2D eigenvalue weighted by Gasteiger charge is 2.27. The van der Waals surface area contributed by atoms with Gasteiger partial charge < -0.3 is 11.1 Å². The maximum Gasteiger partial charge on any atom is 0.277 e. The summed E-state index contributed by atoms with van der Waals surface area (Å²) in [4.78, 5) is 11.4. The zero-order valence-electron chi connectivity index (χ0n) is 8.97. The van der Waals surface area contributed by atoms with E-state index in [-0.39, 0.29) is 0 Å². The van der Waals surface area contributed by atoms with Gasteiger partial charge in [-0.25, -0.2) is 8.78 Å². The number of carbonyl (C=O) groups is 1. The van der Waals surface area contributed by atoms with Gasteiger partial charge in [-0.1, -0.05) is 17.7 Å². The highest BCUT2D eigenvalue weighted by atomic mass is 19.3. The summed E-state index contributed by atoms with van der Waals surface area (Å²) in [6.45, 7) is 0.363. The number of amides is 1. The van der Waals surface area contributed by atoms with Crippen LogP contribution in [0.2, 0.25) is 0 Å². The zero-order valence-corrected chi connectivity index (χ0v) is 8.97. The van der Waals surface area contributed by atoms with Crippen LogP contribution in [0.15, 0.2) is 24.3 Å². The number of carbonyl (C=O) groups excluding carboxylic acids is 1. The predicted molar refractivity (Wildman–Crippen MR) is 57.5 cm³/mol. The fourth-order valence-electron chi connectivity index (χ4n) is 1.09. The summed E-state index contributed by atoms with van der Waals surface area (Å²) >= 11 is 0. The number of aryl methyl sites for hydroxylation is 1. The summed E-state index contributed by atoms with van der Waals surface area (Å²) in [6.07, 6.45) is 0. The third-order valence-corrected chi connectivity index (χ3v) is 2.12. The fourth-order valence-corrected chi connectivity index (χ4v) is 1.09. The van der Waals surface area contributed by atoms with Gasteiger partial charge in [0.05, 0.1) is 13.1 Å². The molecule has 0 atom stereocenters. The topological polar surface area (TPSA) is 55.1 Å². The highest BCUT2D eigenvalue weighted by molar-refractivity contribution is 5.94. The van der Waals surface area contributed by atoms with E-state index < -0.39 is 24.9 Å². The minimum Gasteiger partial charge on any atom is -0.346 e. The Labute approximate surface area is 92.6 Å². The van der Waals surface area contributed by atoms with E-state index in [2.05, 4.69) is 5.32 Å². The quantitative estimate of drug-likeness (QED) is 0.816. The molecule has 0 heterocycles. The first kappa shape index (κ1) is 12.6. The Morgan fingerprint density at radius 1 is 1.38 bits per heavy atom. The van der Waals surface area contributed by atoms with E-state index >= 15 is 0 Å². The van der Waals surface area contributed by atoms with Crippen LogP contribution in [0.5, 0.6) is 0 Å². The van der Waals surface area contributed by atoms with Crippen LogP contribution in [0.3, 0.4) is 0 Å². The molecule has 0 aliphatic rings. The van der Waals surface area contributed by atoms with Crippen molar-refractivity contribution in [1.82, 2.24) is 5.32 Å². The smallest absolute Gasteiger partial charge is 0.277 e. The molecule has 1 aromatic carbocycles. The molecule has 0 bridgehead atoms. The predicted octanol–water partition coefficient (Wildman–Crippen LogP) is 1.32. The maximum atomic E-state index is 12.8. The second-order valence-corrected chi connectivity index (χ2v) is 3.61. The molecule has 0 aromatic heterocycles. The molecule has 0 spiro atoms. The van der Waals surface area contributed by atoms with Crippen molar-refractivity contribution >= 4 is 5.91 Å². The molecule has 0 fully saturated rings. The number of benzene rings is 1. The van der Waals surface area contributed by atoms with Gasteiger partial charge in [0.15, 0.2) is 0 Å². The van der Waals surface area contributed by atoms with Crippen LogP contribution in [-0.4, -0.2) is 24.9 Å². The molecule has 0 radical (unpaired) electrons. The zero-order chi connectivity index (χ0) is 12.2. The number of halogens is 2. The molecular formula is C11H14F2N2O. The highest BCUT2D eigenvalue weighted by Crippen LogP contribution is 2.09. The largest absolute Gasteiger partial charge is 0.346 e. The van der Waals surface area contributed by atoms with Crippen LogP contribution >= 0.6 is 0 Å². The fraction of sp³-hybridized carbons (Fsp3) is 0.364. The van der Waals surface area contributed by atoms with Crippen LogP contribution in [0.25, 0.3) is 0 Å². The summed E-state index contributed by atoms with van der Waals surface area (Å²) in [5.74, 6) is -3.58. The van der Waals surface area contributed by atoms with Gasteiger partial charge in [-0.15, -0.1) is 0 Å². The Morgan fingerprint density at radius 2 is 1.94 bits per heavy atom. The van der Waals surface area contributed by atoms with Crippen molar-refractivity contribution in [1.29, 1.82) is 0 Å². The molecule has 0 aliphatic heterocycles. The molecular weight excluding hydrogens is 214 g/mol. The van der Waals surface area contributed by atoms with Crippen molar-refractivity contribution in [3.63, 3.8) is 0 Å². The molecule has 3 N–H and O–H groups in total. The lowest BCUT2D eigenvalue weighted by atomic mass is 10.1. The van der Waals surface area contributed by atoms with Crippen molar-refractivity contribution < 1.29 is 13.6 Å². The third kappa shape index (κ3) is 3.58. The Hall–Kier alpha value is -1.49. The van der Waals surface area contributed by atoms with E-state index in [1.54, 1.807) is 24.3 Å². The van der Waals surface area contributed by atoms with Gasteiger partial charge in [0.1, 0.15) is 0 Å². The van der Waals surface area contributed by atoms with Crippen molar-refractivity contribution in [3.8, 4) is 0 Å². The van der Waals surface area contributed by atoms with E-state index in [0.29, 0.717) is 5.56 Å². The Kier molecular flexibility index (Phi) is 3.95. The Bertz CT molecular complexity index is 363. The number of hydrogen-bond acceptors (Lipinski definition) is 2. The maximum absolute atomic E-state index is 12.8. The summed E-state index contributed by atoms with van der Waals surface area (Å²) in [7, 11) is 0. The lowest BCUT2D eigenvalue weighted by molar-refractivity contribution is 0.0118. The van der Waals surface area contributed by atoms with Crippen molar-refractivity contribution in [2.75, 3.05) is 13.1 Å². The molecule has 5 heteroatoms. The van der Waals surface area contributed by atoms with Gasteiger partial charge in [0.25, 0.3) is 11.8 Å². The monoisotopic (exact) mass is 228 g/mol. The van der Waals surface area contributed by atoms with E-state index in [9.17, 15) is 13.6 Å². The first-order valence-corrected chi connectivity index (χ1v) is 4.87. The number of hydrogen-bond donors (Lipinski definition) is 2. The standard InChI is InChI=1S/C11H14F2N2O/c1-8-2-4-9(5-3-8)10(16)15-7-11(12,13)6-14/h2-5H,6-7,14H2,1H3,(H,15,16). The molecule has 1 rings (SSSR count). The summed E-state index contributed by atoms with van der Waals surface area (Å²) in [5.41, 5.74) is 6.21. The number of rotatable bonds is 4. The average molecular weight is 228 g/mol. The number of nitrogens with one attached hydrogen (secondary N) is 1. The van der Waals surface area contributed by atoms with Crippen molar-refractivity contribution in [2.24, 2.45) is 5.73 Å². The Morgan fingerprint density at radius 3 is 2.44 bits per heavy atom. The van der Waals surface area contributed by atoms with E-state index in [4.69, 9.17) is 5.73 Å². The second kappa shape index (κ2) is 5.03. The van der Waals surface area contributed by atoms with Crippen molar-refractivity contribution in [2.45, 2.75) is 12.8 Å². The first-order valence-electron chi connectivity index (χ1n) is 4.87. The van der Waals surface area contributed by atoms with Gasteiger partial charge in [-0.05, 0) is 19.1 Å². The second-order valence-electron chi connectivity index (χ2n) is 3.61. The molecule has 1 aromatic rings. The van der Waals surface area contributed by atoms with Gasteiger partial charge in [0.2, 0.25) is 0 Å². The molecule has 0 saturated heterocycles. The van der Waals surface area contributed by atoms with E-state index in [0.717, 1.165) is 5.56 Å². The van der Waals surface area contributed by atoms with Gasteiger partial charge in [-0.2, -0.15) is 0 Å². The number of nitrogens with two attached hydrogens (primary N) is 1. The van der Waals surface area contributed by atoms with Gasteiger partial charge in [-0.3, -0.25) is 4.79 Å². The lowest BCUT2D eigenvalue weighted by Crippen LogP contribution is -2.41. The minimum atomic E-state index is -3.06. The van der Waals surface area contributed by atoms with Crippen LogP contribution < -0.4 is 11.1 Å². The van der Waals surface area contributed by atoms with E-state index in [1.807, 2.05) is 6.92 Å². The van der Waals surface area contributed by atoms with E-state index in [1.165, 1.54) is 0 Å². The normalized spacial score (nSPS) is 11.2. The van der Waals surface area contributed by atoms with Crippen LogP contribution in [-0.2, 0) is 0 Å². The van der Waals surface area contributed by atoms with Gasteiger partial charge in [0, 0.05) is 5.56 Å². The molecule has 0 aliphatic carbocycles. The SMILES string of the molecule is Cc1ccc(C(=O)NCC(F)(F)CN)cc1. The van der Waals surface area contributed by atoms with Crippen LogP contribution in [0.4, 0.5) is 8.78 Å². The van der Waals surface area contributed by atoms with Crippen molar-refractivity contribution in [3.05, 3.63) is 35.4 Å². The van der Waals surface area contributed by atoms with Crippen LogP contribution in [0, 0.1) is 6.92 Å². The van der Waals surface area contributed by atoms with Crippen LogP contribution in [0.1, 0.15) is 15.9 Å². The van der Waals surface area contributed by atoms with Gasteiger partial charge >= 0.3 is 0 Å². The summed E-state index contributed by atoms with van der Waals surface area (Å²) in [5, 5.41) is 2.14. The number of alkyl halides is 2. The minimum absolute atomic E-state index is 0.360. The summed E-state index contributed by atoms with van der Waals surface area (Å²) in [6, 6.07) is 6.67. The third-order valence-electron chi connectivity index (χ3n) is 2.12.